The highest BCUT2D eigenvalue weighted by molar-refractivity contribution is 7.10. The maximum absolute atomic E-state index is 11.7. The molecule has 2 aromatic rings. The zero-order valence-corrected chi connectivity index (χ0v) is 9.67. The molecule has 0 bridgehead atoms. The van der Waals surface area contributed by atoms with Crippen LogP contribution < -0.4 is 5.73 Å². The largest absolute Gasteiger partial charge is 0.399 e. The smallest absolute Gasteiger partial charge is 0.142 e. The number of hydrogen-bond acceptors (Lipinski definition) is 3. The fourth-order valence-electron chi connectivity index (χ4n) is 1.53. The van der Waals surface area contributed by atoms with Crippen molar-refractivity contribution in [2.24, 2.45) is 0 Å². The molecule has 0 aliphatic heterocycles. The highest BCUT2D eigenvalue weighted by Crippen LogP contribution is 2.12. The lowest BCUT2D eigenvalue weighted by atomic mass is 10.1. The Morgan fingerprint density at radius 2 is 1.88 bits per heavy atom. The van der Waals surface area contributed by atoms with E-state index in [1.807, 2.05) is 41.8 Å². The zero-order valence-electron chi connectivity index (χ0n) is 8.85. The van der Waals surface area contributed by atoms with E-state index in [0.29, 0.717) is 12.8 Å². The van der Waals surface area contributed by atoms with Crippen LogP contribution in [-0.4, -0.2) is 5.78 Å². The van der Waals surface area contributed by atoms with Gasteiger partial charge in [0.15, 0.2) is 0 Å². The summed E-state index contributed by atoms with van der Waals surface area (Å²) in [6.45, 7) is 0. The van der Waals surface area contributed by atoms with Gasteiger partial charge < -0.3 is 5.73 Å². The van der Waals surface area contributed by atoms with E-state index in [2.05, 4.69) is 0 Å². The number of carbonyl (C=O) groups is 1. The summed E-state index contributed by atoms with van der Waals surface area (Å²) in [5, 5.41) is 1.99. The number of benzene rings is 1. The van der Waals surface area contributed by atoms with E-state index >= 15 is 0 Å². The molecule has 0 aliphatic rings. The van der Waals surface area contributed by atoms with E-state index in [1.54, 1.807) is 11.3 Å². The highest BCUT2D eigenvalue weighted by atomic mass is 32.1. The summed E-state index contributed by atoms with van der Waals surface area (Å²) in [5.41, 5.74) is 7.34. The molecule has 1 aromatic carbocycles. The summed E-state index contributed by atoms with van der Waals surface area (Å²) in [6, 6.07) is 11.4. The highest BCUT2D eigenvalue weighted by Gasteiger charge is 2.05. The molecule has 0 aliphatic carbocycles. The summed E-state index contributed by atoms with van der Waals surface area (Å²) in [6.07, 6.45) is 1.01. The molecule has 0 saturated carbocycles. The molecule has 0 unspecified atom stereocenters. The minimum absolute atomic E-state index is 0.243. The second kappa shape index (κ2) is 4.94. The lowest BCUT2D eigenvalue weighted by molar-refractivity contribution is -0.117. The maximum Gasteiger partial charge on any atom is 0.142 e. The number of rotatable bonds is 4. The minimum Gasteiger partial charge on any atom is -0.399 e. The van der Waals surface area contributed by atoms with Crippen LogP contribution in [0.4, 0.5) is 5.69 Å². The summed E-state index contributed by atoms with van der Waals surface area (Å²) in [7, 11) is 0. The molecule has 2 N–H and O–H groups in total. The van der Waals surface area contributed by atoms with Crippen molar-refractivity contribution in [1.82, 2.24) is 0 Å². The molecule has 82 valence electrons. The van der Waals surface area contributed by atoms with Crippen molar-refractivity contribution in [3.8, 4) is 0 Å². The van der Waals surface area contributed by atoms with Gasteiger partial charge in [0.2, 0.25) is 0 Å². The molecular weight excluding hydrogens is 218 g/mol. The summed E-state index contributed by atoms with van der Waals surface area (Å²) < 4.78 is 0. The first-order valence-electron chi connectivity index (χ1n) is 5.12. The van der Waals surface area contributed by atoms with Gasteiger partial charge in [-0.1, -0.05) is 18.2 Å². The van der Waals surface area contributed by atoms with E-state index < -0.39 is 0 Å². The third-order valence-electron chi connectivity index (χ3n) is 2.33. The third-order valence-corrected chi connectivity index (χ3v) is 3.21. The minimum atomic E-state index is 0.243. The number of Topliss-reactive ketones (excluding diaryl/α,β-unsaturated/α-hetero) is 1. The predicted octanol–water partition coefficient (Wildman–Crippen LogP) is 2.68. The Labute approximate surface area is 98.7 Å². The van der Waals surface area contributed by atoms with Gasteiger partial charge in [0, 0.05) is 23.4 Å². The van der Waals surface area contributed by atoms with Crippen molar-refractivity contribution in [3.05, 3.63) is 52.2 Å². The Bertz CT molecular complexity index is 459. The van der Waals surface area contributed by atoms with Gasteiger partial charge in [-0.25, -0.2) is 0 Å². The third kappa shape index (κ3) is 2.94. The van der Waals surface area contributed by atoms with Crippen LogP contribution >= 0.6 is 11.3 Å². The van der Waals surface area contributed by atoms with Gasteiger partial charge in [0.05, 0.1) is 0 Å². The van der Waals surface area contributed by atoms with Crippen molar-refractivity contribution in [2.45, 2.75) is 12.8 Å². The molecule has 0 amide bonds. The summed E-state index contributed by atoms with van der Waals surface area (Å²) >= 11 is 1.62. The fraction of sp³-hybridized carbons (Fsp3) is 0.154. The van der Waals surface area contributed by atoms with Crippen LogP contribution in [0.5, 0.6) is 0 Å². The molecule has 1 aromatic heterocycles. The number of nitrogen functional groups attached to an aromatic ring is 1. The first-order valence-corrected chi connectivity index (χ1v) is 6.00. The number of ketones is 1. The molecular formula is C13H13NOS. The standard InChI is InChI=1S/C13H13NOS/c14-11-5-3-10(4-6-11)8-12(15)9-13-2-1-7-16-13/h1-7H,8-9,14H2. The second-order valence-corrected chi connectivity index (χ2v) is 4.75. The van der Waals surface area contributed by atoms with Gasteiger partial charge in [-0.05, 0) is 29.1 Å². The molecule has 0 radical (unpaired) electrons. The summed E-state index contributed by atoms with van der Waals surface area (Å²) in [5.74, 6) is 0.243. The average molecular weight is 231 g/mol. The van der Waals surface area contributed by atoms with E-state index in [1.165, 1.54) is 0 Å². The Kier molecular flexibility index (Phi) is 3.37. The lowest BCUT2D eigenvalue weighted by Gasteiger charge is -2.00. The van der Waals surface area contributed by atoms with Gasteiger partial charge in [-0.3, -0.25) is 4.79 Å². The Morgan fingerprint density at radius 3 is 2.50 bits per heavy atom. The normalized spacial score (nSPS) is 10.2. The van der Waals surface area contributed by atoms with Crippen LogP contribution in [0.25, 0.3) is 0 Å². The van der Waals surface area contributed by atoms with Gasteiger partial charge in [0.1, 0.15) is 5.78 Å². The van der Waals surface area contributed by atoms with Gasteiger partial charge in [0.25, 0.3) is 0 Å². The SMILES string of the molecule is Nc1ccc(CC(=O)Cc2cccs2)cc1. The molecule has 2 rings (SSSR count). The molecule has 2 nitrogen and oxygen atoms in total. The number of carbonyl (C=O) groups excluding carboxylic acids is 1. The molecule has 0 fully saturated rings. The quantitative estimate of drug-likeness (QED) is 0.822. The summed E-state index contributed by atoms with van der Waals surface area (Å²) in [4.78, 5) is 12.9. The lowest BCUT2D eigenvalue weighted by Crippen LogP contribution is -2.05. The number of thiophene rings is 1. The van der Waals surface area contributed by atoms with E-state index in [-0.39, 0.29) is 5.78 Å². The van der Waals surface area contributed by atoms with Crippen LogP contribution in [-0.2, 0) is 17.6 Å². The molecule has 1 heterocycles. The number of nitrogens with two attached hydrogens (primary N) is 1. The first kappa shape index (κ1) is 10.9. The Balaban J connectivity index is 1.95. The van der Waals surface area contributed by atoms with Crippen LogP contribution in [0.15, 0.2) is 41.8 Å². The van der Waals surface area contributed by atoms with E-state index in [0.717, 1.165) is 16.1 Å². The van der Waals surface area contributed by atoms with Crippen molar-refractivity contribution < 1.29 is 4.79 Å². The van der Waals surface area contributed by atoms with Crippen molar-refractivity contribution in [1.29, 1.82) is 0 Å². The molecule has 0 saturated heterocycles. The van der Waals surface area contributed by atoms with Crippen LogP contribution in [0.2, 0.25) is 0 Å². The van der Waals surface area contributed by atoms with Crippen molar-refractivity contribution in [3.63, 3.8) is 0 Å². The molecule has 16 heavy (non-hydrogen) atoms. The van der Waals surface area contributed by atoms with E-state index in [9.17, 15) is 4.79 Å². The molecule has 0 atom stereocenters. The van der Waals surface area contributed by atoms with Gasteiger partial charge >= 0.3 is 0 Å². The van der Waals surface area contributed by atoms with Crippen LogP contribution in [0.3, 0.4) is 0 Å². The zero-order chi connectivity index (χ0) is 11.4. The fourth-order valence-corrected chi connectivity index (χ4v) is 2.27. The number of anilines is 1. The van der Waals surface area contributed by atoms with Crippen molar-refractivity contribution >= 4 is 22.8 Å². The maximum atomic E-state index is 11.7. The Morgan fingerprint density at radius 1 is 1.12 bits per heavy atom. The molecule has 0 spiro atoms. The second-order valence-electron chi connectivity index (χ2n) is 3.71. The van der Waals surface area contributed by atoms with Crippen LogP contribution in [0, 0.1) is 0 Å². The Hall–Kier alpha value is -1.61. The van der Waals surface area contributed by atoms with Crippen LogP contribution in [0.1, 0.15) is 10.4 Å². The molecule has 3 heteroatoms. The van der Waals surface area contributed by atoms with Gasteiger partial charge in [-0.2, -0.15) is 0 Å². The topological polar surface area (TPSA) is 43.1 Å². The van der Waals surface area contributed by atoms with Crippen molar-refractivity contribution in [2.75, 3.05) is 5.73 Å². The van der Waals surface area contributed by atoms with E-state index in [4.69, 9.17) is 5.73 Å². The average Bonchev–Trinajstić information content (AvgIpc) is 2.74. The van der Waals surface area contributed by atoms with Gasteiger partial charge in [-0.15, -0.1) is 11.3 Å². The predicted molar refractivity (Wildman–Crippen MR) is 67.6 cm³/mol. The monoisotopic (exact) mass is 231 g/mol. The first-order chi connectivity index (χ1) is 7.74. The number of hydrogen-bond donors (Lipinski definition) is 1.